The molecule has 1 rings (SSSR count). The van der Waals surface area contributed by atoms with E-state index in [1.807, 2.05) is 27.8 Å². The van der Waals surface area contributed by atoms with E-state index >= 15 is 0 Å². The Kier molecular flexibility index (Phi) is 5.15. The summed E-state index contributed by atoms with van der Waals surface area (Å²) in [4.78, 5) is 11.6. The zero-order valence-corrected chi connectivity index (χ0v) is 11.0. The third-order valence-corrected chi connectivity index (χ3v) is 2.88. The van der Waals surface area contributed by atoms with Crippen LogP contribution >= 0.6 is 0 Å². The van der Waals surface area contributed by atoms with E-state index in [9.17, 15) is 4.79 Å². The molecular weight excluding hydrogens is 218 g/mol. The third-order valence-electron chi connectivity index (χ3n) is 2.88. The summed E-state index contributed by atoms with van der Waals surface area (Å²) in [5.41, 5.74) is 1.92. The van der Waals surface area contributed by atoms with Crippen LogP contribution in [0.3, 0.4) is 0 Å². The number of nitrogens with zero attached hydrogens (tertiary/aromatic N) is 1. The van der Waals surface area contributed by atoms with Crippen LogP contribution in [0.4, 0.5) is 0 Å². The Morgan fingerprint density at radius 2 is 2.18 bits per heavy atom. The van der Waals surface area contributed by atoms with Gasteiger partial charge in [-0.15, -0.1) is 0 Å². The highest BCUT2D eigenvalue weighted by molar-refractivity contribution is 5.76. The number of carbonyl (C=O) groups excluding carboxylic acids is 1. The second kappa shape index (κ2) is 6.39. The number of amides is 1. The van der Waals surface area contributed by atoms with Crippen molar-refractivity contribution in [3.63, 3.8) is 0 Å². The Labute approximate surface area is 102 Å². The van der Waals surface area contributed by atoms with E-state index in [1.54, 1.807) is 0 Å². The summed E-state index contributed by atoms with van der Waals surface area (Å²) in [5.74, 6) is 0.867. The van der Waals surface area contributed by atoms with Gasteiger partial charge in [-0.3, -0.25) is 4.79 Å². The largest absolute Gasteiger partial charge is 0.361 e. The molecule has 17 heavy (non-hydrogen) atoms. The van der Waals surface area contributed by atoms with Gasteiger partial charge >= 0.3 is 0 Å². The van der Waals surface area contributed by atoms with Crippen molar-refractivity contribution in [3.05, 3.63) is 17.0 Å². The van der Waals surface area contributed by atoms with Gasteiger partial charge < -0.3 is 15.2 Å². The van der Waals surface area contributed by atoms with Crippen LogP contribution in [0.2, 0.25) is 0 Å². The monoisotopic (exact) mass is 239 g/mol. The molecule has 1 heterocycles. The van der Waals surface area contributed by atoms with Gasteiger partial charge in [0, 0.05) is 24.6 Å². The maximum absolute atomic E-state index is 11.6. The van der Waals surface area contributed by atoms with E-state index in [1.165, 1.54) is 0 Å². The zero-order valence-electron chi connectivity index (χ0n) is 11.0. The zero-order chi connectivity index (χ0) is 12.8. The van der Waals surface area contributed by atoms with Crippen molar-refractivity contribution in [2.45, 2.75) is 39.7 Å². The molecule has 2 N–H and O–H groups in total. The molecule has 1 aromatic rings. The number of hydrogen-bond donors (Lipinski definition) is 2. The van der Waals surface area contributed by atoms with Crippen molar-refractivity contribution in [3.8, 4) is 0 Å². The van der Waals surface area contributed by atoms with Crippen molar-refractivity contribution in [2.24, 2.45) is 0 Å². The van der Waals surface area contributed by atoms with Crippen molar-refractivity contribution < 1.29 is 9.32 Å². The van der Waals surface area contributed by atoms with Crippen LogP contribution in [0.25, 0.3) is 0 Å². The molecule has 1 unspecified atom stereocenters. The highest BCUT2D eigenvalue weighted by atomic mass is 16.5. The highest BCUT2D eigenvalue weighted by Crippen LogP contribution is 2.13. The van der Waals surface area contributed by atoms with E-state index in [0.29, 0.717) is 19.4 Å². The van der Waals surface area contributed by atoms with E-state index in [4.69, 9.17) is 4.52 Å². The minimum atomic E-state index is 0.0621. The van der Waals surface area contributed by atoms with Crippen LogP contribution in [-0.4, -0.2) is 30.7 Å². The van der Waals surface area contributed by atoms with Crippen molar-refractivity contribution in [1.29, 1.82) is 0 Å². The van der Waals surface area contributed by atoms with Gasteiger partial charge in [0.1, 0.15) is 5.76 Å². The lowest BCUT2D eigenvalue weighted by Gasteiger charge is -2.11. The molecule has 0 aliphatic heterocycles. The first-order valence-corrected chi connectivity index (χ1v) is 5.90. The second-order valence-electron chi connectivity index (χ2n) is 4.30. The minimum Gasteiger partial charge on any atom is -0.361 e. The molecule has 0 saturated heterocycles. The van der Waals surface area contributed by atoms with Gasteiger partial charge in [-0.25, -0.2) is 0 Å². The smallest absolute Gasteiger partial charge is 0.220 e. The first-order valence-electron chi connectivity index (χ1n) is 5.90. The summed E-state index contributed by atoms with van der Waals surface area (Å²) in [6.07, 6.45) is 1.15. The fraction of sp³-hybridized carbons (Fsp3) is 0.667. The molecule has 5 heteroatoms. The van der Waals surface area contributed by atoms with E-state index in [0.717, 1.165) is 17.0 Å². The van der Waals surface area contributed by atoms with Crippen molar-refractivity contribution in [1.82, 2.24) is 15.8 Å². The normalized spacial score (nSPS) is 12.5. The minimum absolute atomic E-state index is 0.0621. The molecule has 1 amide bonds. The average molecular weight is 239 g/mol. The van der Waals surface area contributed by atoms with Crippen LogP contribution in [0.5, 0.6) is 0 Å². The summed E-state index contributed by atoms with van der Waals surface area (Å²) in [6, 6.07) is 0.290. The number of hydrogen-bond acceptors (Lipinski definition) is 4. The van der Waals surface area contributed by atoms with Gasteiger partial charge in [0.25, 0.3) is 0 Å². The molecule has 1 atom stereocenters. The molecule has 0 spiro atoms. The highest BCUT2D eigenvalue weighted by Gasteiger charge is 2.11. The average Bonchev–Trinajstić information content (AvgIpc) is 2.63. The maximum atomic E-state index is 11.6. The van der Waals surface area contributed by atoms with Crippen LogP contribution in [0.15, 0.2) is 4.52 Å². The molecule has 0 aliphatic rings. The standard InChI is InChI=1S/C12H21N3O2/c1-8(13-4)7-14-12(16)6-5-11-9(2)15-17-10(11)3/h8,13H,5-7H2,1-4H3,(H,14,16). The summed E-state index contributed by atoms with van der Waals surface area (Å²) < 4.78 is 5.05. The fourth-order valence-electron chi connectivity index (χ4n) is 1.55. The summed E-state index contributed by atoms with van der Waals surface area (Å²) in [7, 11) is 1.88. The Hall–Kier alpha value is -1.36. The number of aromatic nitrogens is 1. The van der Waals surface area contributed by atoms with E-state index in [2.05, 4.69) is 15.8 Å². The van der Waals surface area contributed by atoms with E-state index < -0.39 is 0 Å². The molecule has 0 bridgehead atoms. The summed E-state index contributed by atoms with van der Waals surface area (Å²) in [6.45, 7) is 6.44. The van der Waals surface area contributed by atoms with Crippen LogP contribution < -0.4 is 10.6 Å². The number of aryl methyl sites for hydroxylation is 2. The summed E-state index contributed by atoms with van der Waals surface area (Å²) in [5, 5.41) is 9.82. The molecule has 0 fully saturated rings. The molecule has 0 aliphatic carbocycles. The van der Waals surface area contributed by atoms with Gasteiger partial charge in [0.05, 0.1) is 5.69 Å². The lowest BCUT2D eigenvalue weighted by Crippen LogP contribution is -2.37. The summed E-state index contributed by atoms with van der Waals surface area (Å²) >= 11 is 0. The number of carbonyl (C=O) groups is 1. The van der Waals surface area contributed by atoms with Gasteiger partial charge in [0.15, 0.2) is 0 Å². The molecule has 0 saturated carbocycles. The topological polar surface area (TPSA) is 67.2 Å². The van der Waals surface area contributed by atoms with Crippen LogP contribution in [0, 0.1) is 13.8 Å². The Balaban J connectivity index is 2.33. The first kappa shape index (κ1) is 13.7. The van der Waals surface area contributed by atoms with Crippen LogP contribution in [-0.2, 0) is 11.2 Å². The second-order valence-corrected chi connectivity index (χ2v) is 4.30. The number of likely N-dealkylation sites (N-methyl/N-ethyl adjacent to an activating group) is 1. The number of rotatable bonds is 6. The molecule has 0 radical (unpaired) electrons. The quantitative estimate of drug-likeness (QED) is 0.775. The molecule has 96 valence electrons. The van der Waals surface area contributed by atoms with E-state index in [-0.39, 0.29) is 11.9 Å². The number of nitrogens with one attached hydrogen (secondary N) is 2. The Morgan fingerprint density at radius 3 is 2.71 bits per heavy atom. The lowest BCUT2D eigenvalue weighted by atomic mass is 10.1. The fourth-order valence-corrected chi connectivity index (χ4v) is 1.55. The first-order chi connectivity index (χ1) is 8.04. The molecule has 0 aromatic carbocycles. The predicted molar refractivity (Wildman–Crippen MR) is 65.8 cm³/mol. The SMILES string of the molecule is CNC(C)CNC(=O)CCc1c(C)noc1C. The molecular formula is C12H21N3O2. The van der Waals surface area contributed by atoms with Gasteiger partial charge in [0.2, 0.25) is 5.91 Å². The van der Waals surface area contributed by atoms with Gasteiger partial charge in [-0.05, 0) is 34.2 Å². The van der Waals surface area contributed by atoms with Crippen molar-refractivity contribution >= 4 is 5.91 Å². The van der Waals surface area contributed by atoms with Gasteiger partial charge in [-0.2, -0.15) is 0 Å². The predicted octanol–water partition coefficient (Wildman–Crippen LogP) is 0.948. The Morgan fingerprint density at radius 1 is 1.47 bits per heavy atom. The van der Waals surface area contributed by atoms with Gasteiger partial charge in [-0.1, -0.05) is 5.16 Å². The third kappa shape index (κ3) is 4.19. The Bertz CT molecular complexity index is 354. The van der Waals surface area contributed by atoms with Crippen molar-refractivity contribution in [2.75, 3.05) is 13.6 Å². The maximum Gasteiger partial charge on any atom is 0.220 e. The lowest BCUT2D eigenvalue weighted by molar-refractivity contribution is -0.121. The molecule has 5 nitrogen and oxygen atoms in total. The molecule has 1 aromatic heterocycles. The van der Waals surface area contributed by atoms with Crippen LogP contribution in [0.1, 0.15) is 30.4 Å².